The lowest BCUT2D eigenvalue weighted by Crippen LogP contribution is -1.97. The van der Waals surface area contributed by atoms with Gasteiger partial charge in [-0.15, -0.1) is 0 Å². The first-order valence-electron chi connectivity index (χ1n) is 8.91. The molecular weight excluding hydrogens is 388 g/mol. The summed E-state index contributed by atoms with van der Waals surface area (Å²) in [5.74, 6) is 1.40. The summed E-state index contributed by atoms with van der Waals surface area (Å²) in [6, 6.07) is 18.0. The molecule has 0 aliphatic rings. The Morgan fingerprint density at radius 1 is 0.793 bits per heavy atom. The highest BCUT2D eigenvalue weighted by Gasteiger charge is 2.13. The number of rotatable bonds is 3. The molecule has 5 rings (SSSR count). The second kappa shape index (κ2) is 6.26. The van der Waals surface area contributed by atoms with Crippen molar-refractivity contribution in [3.05, 3.63) is 66.5 Å². The Morgan fingerprint density at radius 2 is 1.45 bits per heavy atom. The summed E-state index contributed by atoms with van der Waals surface area (Å²) in [5.41, 5.74) is 6.10. The number of aryl methyl sites for hydroxylation is 1. The van der Waals surface area contributed by atoms with Gasteiger partial charge in [0.05, 0.1) is 27.0 Å². The molecule has 7 nitrogen and oxygen atoms in total. The van der Waals surface area contributed by atoms with E-state index in [0.29, 0.717) is 11.4 Å². The van der Waals surface area contributed by atoms with Gasteiger partial charge in [-0.05, 0) is 54.4 Å². The molecule has 0 aliphatic carbocycles. The number of benzene rings is 3. The van der Waals surface area contributed by atoms with E-state index < -0.39 is 10.1 Å². The van der Waals surface area contributed by atoms with Crippen LogP contribution < -0.4 is 0 Å². The molecule has 0 aliphatic heterocycles. The molecule has 29 heavy (non-hydrogen) atoms. The molecule has 2 heterocycles. The third-order valence-corrected chi connectivity index (χ3v) is 5.67. The van der Waals surface area contributed by atoms with Gasteiger partial charge in [0.25, 0.3) is 10.1 Å². The Labute approximate surface area is 166 Å². The van der Waals surface area contributed by atoms with Gasteiger partial charge in [0.15, 0.2) is 0 Å². The number of imidazole rings is 2. The average Bonchev–Trinajstić information content (AvgIpc) is 3.28. The zero-order valence-electron chi connectivity index (χ0n) is 15.3. The number of aromatic amines is 2. The van der Waals surface area contributed by atoms with Crippen LogP contribution in [-0.4, -0.2) is 32.9 Å². The van der Waals surface area contributed by atoms with Gasteiger partial charge in [-0.1, -0.05) is 24.3 Å². The van der Waals surface area contributed by atoms with Crippen LogP contribution in [0.25, 0.3) is 44.6 Å². The standard InChI is InChI=1S/C21H16N4O3S/c1-12-22-17-7-5-13(10-19(17)23-12)14-6-8-18-20(11-14)25-21(24-18)15-3-2-4-16(9-15)29(26,27)28/h2-11H,1H3,(H,22,23)(H,24,25)(H,26,27,28). The van der Waals surface area contributed by atoms with Crippen molar-refractivity contribution in [2.75, 3.05) is 0 Å². The van der Waals surface area contributed by atoms with Crippen LogP contribution in [0.2, 0.25) is 0 Å². The number of nitrogens with zero attached hydrogens (tertiary/aromatic N) is 2. The molecule has 0 saturated heterocycles. The molecule has 0 radical (unpaired) electrons. The van der Waals surface area contributed by atoms with Gasteiger partial charge in [-0.3, -0.25) is 4.55 Å². The second-order valence-corrected chi connectivity index (χ2v) is 8.30. The van der Waals surface area contributed by atoms with E-state index in [9.17, 15) is 13.0 Å². The molecule has 0 bridgehead atoms. The Morgan fingerprint density at radius 3 is 2.14 bits per heavy atom. The van der Waals surface area contributed by atoms with Gasteiger partial charge in [-0.2, -0.15) is 8.42 Å². The topological polar surface area (TPSA) is 112 Å². The van der Waals surface area contributed by atoms with Crippen molar-refractivity contribution in [2.24, 2.45) is 0 Å². The Bertz CT molecular complexity index is 1500. The molecule has 3 aromatic carbocycles. The Hall–Kier alpha value is -3.49. The zero-order chi connectivity index (χ0) is 20.2. The van der Waals surface area contributed by atoms with Crippen molar-refractivity contribution in [1.29, 1.82) is 0 Å². The monoisotopic (exact) mass is 404 g/mol. The normalized spacial score (nSPS) is 12.1. The van der Waals surface area contributed by atoms with Crippen molar-refractivity contribution in [2.45, 2.75) is 11.8 Å². The van der Waals surface area contributed by atoms with Crippen LogP contribution in [0.3, 0.4) is 0 Å². The molecule has 0 spiro atoms. The molecule has 0 saturated carbocycles. The highest BCUT2D eigenvalue weighted by Crippen LogP contribution is 2.28. The van der Waals surface area contributed by atoms with Gasteiger partial charge >= 0.3 is 0 Å². The molecule has 0 fully saturated rings. The molecular formula is C21H16N4O3S. The third kappa shape index (κ3) is 3.18. The maximum Gasteiger partial charge on any atom is 0.294 e. The van der Waals surface area contributed by atoms with Crippen LogP contribution in [0, 0.1) is 6.92 Å². The fraction of sp³-hybridized carbons (Fsp3) is 0.0476. The fourth-order valence-electron chi connectivity index (χ4n) is 3.44. The van der Waals surface area contributed by atoms with Crippen LogP contribution in [0.4, 0.5) is 0 Å². The summed E-state index contributed by atoms with van der Waals surface area (Å²) in [6.07, 6.45) is 0. The van der Waals surface area contributed by atoms with Crippen molar-refractivity contribution >= 4 is 32.2 Å². The number of hydrogen-bond donors (Lipinski definition) is 3. The van der Waals surface area contributed by atoms with E-state index in [4.69, 9.17) is 0 Å². The first-order chi connectivity index (χ1) is 13.9. The maximum atomic E-state index is 11.4. The molecule has 144 valence electrons. The summed E-state index contributed by atoms with van der Waals surface area (Å²) in [7, 11) is -4.27. The maximum absolute atomic E-state index is 11.4. The highest BCUT2D eigenvalue weighted by molar-refractivity contribution is 7.85. The van der Waals surface area contributed by atoms with E-state index in [0.717, 1.165) is 39.0 Å². The second-order valence-electron chi connectivity index (χ2n) is 6.87. The first kappa shape index (κ1) is 17.6. The van der Waals surface area contributed by atoms with Gasteiger partial charge < -0.3 is 9.97 Å². The smallest absolute Gasteiger partial charge is 0.294 e. The number of aromatic nitrogens is 4. The minimum atomic E-state index is -4.27. The molecule has 2 aromatic heterocycles. The number of fused-ring (bicyclic) bond motifs is 2. The van der Waals surface area contributed by atoms with Crippen molar-refractivity contribution in [3.63, 3.8) is 0 Å². The van der Waals surface area contributed by atoms with Crippen LogP contribution in [0.15, 0.2) is 65.6 Å². The average molecular weight is 404 g/mol. The molecule has 0 amide bonds. The number of H-pyrrole nitrogens is 2. The van der Waals surface area contributed by atoms with Crippen molar-refractivity contribution in [1.82, 2.24) is 19.9 Å². The number of nitrogens with one attached hydrogen (secondary N) is 2. The first-order valence-corrected chi connectivity index (χ1v) is 10.4. The van der Waals surface area contributed by atoms with Crippen LogP contribution >= 0.6 is 0 Å². The predicted molar refractivity (Wildman–Crippen MR) is 111 cm³/mol. The van der Waals surface area contributed by atoms with Crippen molar-refractivity contribution < 1.29 is 13.0 Å². The summed E-state index contributed by atoms with van der Waals surface area (Å²) >= 11 is 0. The van der Waals surface area contributed by atoms with Crippen LogP contribution in [0.1, 0.15) is 5.82 Å². The summed E-state index contributed by atoms with van der Waals surface area (Å²) in [6.45, 7) is 1.92. The fourth-order valence-corrected chi connectivity index (χ4v) is 3.97. The molecule has 0 atom stereocenters. The SMILES string of the molecule is Cc1nc2cc(-c3ccc4[nH]c(-c5cccc(S(=O)(=O)O)c5)nc4c3)ccc2[nH]1. The molecule has 3 N–H and O–H groups in total. The molecule has 5 aromatic rings. The lowest BCUT2D eigenvalue weighted by molar-refractivity contribution is 0.483. The quantitative estimate of drug-likeness (QED) is 0.388. The highest BCUT2D eigenvalue weighted by atomic mass is 32.2. The van der Waals surface area contributed by atoms with E-state index in [1.165, 1.54) is 12.1 Å². The Balaban J connectivity index is 1.58. The Kier molecular flexibility index (Phi) is 3.80. The van der Waals surface area contributed by atoms with Crippen LogP contribution in [0.5, 0.6) is 0 Å². The molecule has 8 heteroatoms. The van der Waals surface area contributed by atoms with E-state index in [2.05, 4.69) is 19.9 Å². The van der Waals surface area contributed by atoms with E-state index in [1.54, 1.807) is 12.1 Å². The number of hydrogen-bond acceptors (Lipinski definition) is 4. The molecule has 0 unspecified atom stereocenters. The lowest BCUT2D eigenvalue weighted by Gasteiger charge is -2.01. The summed E-state index contributed by atoms with van der Waals surface area (Å²) < 4.78 is 32.1. The van der Waals surface area contributed by atoms with Gasteiger partial charge in [0.1, 0.15) is 11.6 Å². The van der Waals surface area contributed by atoms with Crippen LogP contribution in [-0.2, 0) is 10.1 Å². The van der Waals surface area contributed by atoms with Gasteiger partial charge in [0, 0.05) is 5.56 Å². The minimum Gasteiger partial charge on any atom is -0.342 e. The van der Waals surface area contributed by atoms with E-state index >= 15 is 0 Å². The van der Waals surface area contributed by atoms with E-state index in [1.807, 2.05) is 43.3 Å². The van der Waals surface area contributed by atoms with Crippen molar-refractivity contribution in [3.8, 4) is 22.5 Å². The zero-order valence-corrected chi connectivity index (χ0v) is 16.2. The lowest BCUT2D eigenvalue weighted by atomic mass is 10.0. The predicted octanol–water partition coefficient (Wildman–Crippen LogP) is 4.33. The largest absolute Gasteiger partial charge is 0.342 e. The van der Waals surface area contributed by atoms with E-state index in [-0.39, 0.29) is 4.90 Å². The van der Waals surface area contributed by atoms with Gasteiger partial charge in [0.2, 0.25) is 0 Å². The third-order valence-electron chi connectivity index (χ3n) is 4.82. The minimum absolute atomic E-state index is 0.168. The summed E-state index contributed by atoms with van der Waals surface area (Å²) in [5, 5.41) is 0. The van der Waals surface area contributed by atoms with Gasteiger partial charge in [-0.25, -0.2) is 9.97 Å². The summed E-state index contributed by atoms with van der Waals surface area (Å²) in [4.78, 5) is 15.3.